The van der Waals surface area contributed by atoms with Crippen LogP contribution in [0.3, 0.4) is 0 Å². The van der Waals surface area contributed by atoms with E-state index in [-0.39, 0.29) is 0 Å². The molecule has 8 heteroatoms. The number of aryl methyl sites for hydroxylation is 1. The molecular weight excluding hydrogens is 346 g/mol. The van der Waals surface area contributed by atoms with E-state index in [2.05, 4.69) is 32.9 Å². The van der Waals surface area contributed by atoms with E-state index >= 15 is 0 Å². The summed E-state index contributed by atoms with van der Waals surface area (Å²) in [7, 11) is 3.46. The molecule has 3 rings (SSSR count). The lowest BCUT2D eigenvalue weighted by atomic mass is 10.2. The minimum atomic E-state index is 0.547. The highest BCUT2D eigenvalue weighted by Gasteiger charge is 2.19. The van der Waals surface area contributed by atoms with Crippen molar-refractivity contribution in [3.8, 4) is 17.3 Å². The second kappa shape index (κ2) is 7.27. The summed E-state index contributed by atoms with van der Waals surface area (Å²) in [4.78, 5) is 0. The van der Waals surface area contributed by atoms with E-state index in [0.29, 0.717) is 5.88 Å². The standard InChI is InChI=1S/C16H18ClN5OS/c1-4-22-14(13-9-21(2)20-15(13)23-3)18-19-16(22)24-10-11-6-5-7-12(17)8-11/h5-9H,4,10H2,1-3H3. The molecule has 0 aliphatic rings. The van der Waals surface area contributed by atoms with Gasteiger partial charge in [0.2, 0.25) is 5.88 Å². The molecule has 0 saturated carbocycles. The van der Waals surface area contributed by atoms with Gasteiger partial charge in [0.05, 0.1) is 7.11 Å². The van der Waals surface area contributed by atoms with Gasteiger partial charge < -0.3 is 9.30 Å². The summed E-state index contributed by atoms with van der Waals surface area (Å²) in [6.07, 6.45) is 1.89. The number of hydrogen-bond acceptors (Lipinski definition) is 5. The average Bonchev–Trinajstić information content (AvgIpc) is 3.15. The Bertz CT molecular complexity index is 845. The fraction of sp³-hybridized carbons (Fsp3) is 0.312. The van der Waals surface area contributed by atoms with Gasteiger partial charge in [0.15, 0.2) is 11.0 Å². The number of halogens is 1. The zero-order valence-corrected chi connectivity index (χ0v) is 15.3. The first-order valence-corrected chi connectivity index (χ1v) is 8.87. The van der Waals surface area contributed by atoms with Crippen molar-refractivity contribution in [1.82, 2.24) is 24.5 Å². The van der Waals surface area contributed by atoms with Crippen LogP contribution in [0.25, 0.3) is 11.4 Å². The van der Waals surface area contributed by atoms with Crippen LogP contribution in [0.4, 0.5) is 0 Å². The molecule has 24 heavy (non-hydrogen) atoms. The van der Waals surface area contributed by atoms with E-state index in [9.17, 15) is 0 Å². The van der Waals surface area contributed by atoms with Gasteiger partial charge >= 0.3 is 0 Å². The molecule has 0 atom stereocenters. The highest BCUT2D eigenvalue weighted by atomic mass is 35.5. The van der Waals surface area contributed by atoms with Gasteiger partial charge in [0, 0.05) is 30.6 Å². The van der Waals surface area contributed by atoms with Gasteiger partial charge in [-0.2, -0.15) is 0 Å². The Hall–Kier alpha value is -1.99. The van der Waals surface area contributed by atoms with Crippen molar-refractivity contribution in [2.75, 3.05) is 7.11 Å². The second-order valence-corrected chi connectivity index (χ2v) is 6.57. The molecule has 0 N–H and O–H groups in total. The summed E-state index contributed by atoms with van der Waals surface area (Å²) in [6, 6.07) is 7.84. The molecule has 0 aliphatic carbocycles. The third kappa shape index (κ3) is 3.42. The molecule has 0 aliphatic heterocycles. The van der Waals surface area contributed by atoms with Crippen molar-refractivity contribution in [2.45, 2.75) is 24.4 Å². The van der Waals surface area contributed by atoms with Gasteiger partial charge in [-0.1, -0.05) is 35.5 Å². The Kier molecular flexibility index (Phi) is 5.11. The van der Waals surface area contributed by atoms with Gasteiger partial charge in [-0.05, 0) is 24.6 Å². The third-order valence-corrected chi connectivity index (χ3v) is 4.79. The highest BCUT2D eigenvalue weighted by molar-refractivity contribution is 7.98. The number of thioether (sulfide) groups is 1. The van der Waals surface area contributed by atoms with E-state index in [1.165, 1.54) is 0 Å². The van der Waals surface area contributed by atoms with Crippen LogP contribution < -0.4 is 4.74 Å². The smallest absolute Gasteiger partial charge is 0.243 e. The van der Waals surface area contributed by atoms with Gasteiger partial charge in [-0.3, -0.25) is 4.68 Å². The molecule has 0 amide bonds. The minimum absolute atomic E-state index is 0.547. The number of methoxy groups -OCH3 is 1. The summed E-state index contributed by atoms with van der Waals surface area (Å²) in [6.45, 7) is 2.83. The van der Waals surface area contributed by atoms with Crippen LogP contribution in [0.5, 0.6) is 5.88 Å². The molecule has 0 fully saturated rings. The highest BCUT2D eigenvalue weighted by Crippen LogP contribution is 2.31. The van der Waals surface area contributed by atoms with Crippen LogP contribution in [0.15, 0.2) is 35.6 Å². The number of rotatable bonds is 6. The minimum Gasteiger partial charge on any atom is -0.479 e. The van der Waals surface area contributed by atoms with Crippen LogP contribution >= 0.6 is 23.4 Å². The zero-order valence-electron chi connectivity index (χ0n) is 13.7. The van der Waals surface area contributed by atoms with E-state index < -0.39 is 0 Å². The first kappa shape index (κ1) is 16.9. The fourth-order valence-corrected chi connectivity index (χ4v) is 3.58. The maximum Gasteiger partial charge on any atom is 0.243 e. The van der Waals surface area contributed by atoms with Crippen LogP contribution in [0, 0.1) is 0 Å². The normalized spacial score (nSPS) is 11.0. The van der Waals surface area contributed by atoms with E-state index in [4.69, 9.17) is 16.3 Å². The molecule has 0 radical (unpaired) electrons. The Morgan fingerprint density at radius 2 is 2.12 bits per heavy atom. The third-order valence-electron chi connectivity index (χ3n) is 3.52. The quantitative estimate of drug-likeness (QED) is 0.625. The molecule has 0 bridgehead atoms. The maximum atomic E-state index is 6.04. The SMILES string of the molecule is CCn1c(SCc2cccc(Cl)c2)nnc1-c1cn(C)nc1OC. The maximum absolute atomic E-state index is 6.04. The molecule has 0 saturated heterocycles. The van der Waals surface area contributed by atoms with Gasteiger partial charge in [-0.25, -0.2) is 0 Å². The van der Waals surface area contributed by atoms with Crippen LogP contribution in [0.1, 0.15) is 12.5 Å². The Balaban J connectivity index is 1.86. The number of nitrogens with zero attached hydrogens (tertiary/aromatic N) is 5. The number of hydrogen-bond donors (Lipinski definition) is 0. The number of aromatic nitrogens is 5. The van der Waals surface area contributed by atoms with Crippen molar-refractivity contribution in [3.63, 3.8) is 0 Å². The number of benzene rings is 1. The largest absolute Gasteiger partial charge is 0.479 e. The van der Waals surface area contributed by atoms with Crippen molar-refractivity contribution >= 4 is 23.4 Å². The molecular formula is C16H18ClN5OS. The van der Waals surface area contributed by atoms with Crippen molar-refractivity contribution in [2.24, 2.45) is 7.05 Å². The summed E-state index contributed by atoms with van der Waals surface area (Å²) >= 11 is 7.67. The predicted molar refractivity (Wildman–Crippen MR) is 95.5 cm³/mol. The molecule has 0 spiro atoms. The van der Waals surface area contributed by atoms with Crippen LogP contribution in [0.2, 0.25) is 5.02 Å². The monoisotopic (exact) mass is 363 g/mol. The van der Waals surface area contributed by atoms with Crippen LogP contribution in [-0.4, -0.2) is 31.7 Å². The molecule has 126 valence electrons. The van der Waals surface area contributed by atoms with Crippen molar-refractivity contribution in [3.05, 3.63) is 41.0 Å². The molecule has 6 nitrogen and oxygen atoms in total. The molecule has 0 unspecified atom stereocenters. The lowest BCUT2D eigenvalue weighted by Gasteiger charge is -2.07. The molecule has 2 aromatic heterocycles. The van der Waals surface area contributed by atoms with E-state index in [1.807, 2.05) is 31.4 Å². The molecule has 2 heterocycles. The summed E-state index contributed by atoms with van der Waals surface area (Å²) < 4.78 is 9.11. The fourth-order valence-electron chi connectivity index (χ4n) is 2.43. The van der Waals surface area contributed by atoms with Gasteiger partial charge in [0.1, 0.15) is 5.56 Å². The van der Waals surface area contributed by atoms with Crippen molar-refractivity contribution in [1.29, 1.82) is 0 Å². The van der Waals surface area contributed by atoms with Gasteiger partial charge in [0.25, 0.3) is 0 Å². The van der Waals surface area contributed by atoms with Gasteiger partial charge in [-0.15, -0.1) is 15.3 Å². The lowest BCUT2D eigenvalue weighted by Crippen LogP contribution is -2.00. The first-order valence-electron chi connectivity index (χ1n) is 7.50. The van der Waals surface area contributed by atoms with Crippen LogP contribution in [-0.2, 0) is 19.3 Å². The second-order valence-electron chi connectivity index (χ2n) is 5.19. The Labute approximate surface area is 149 Å². The predicted octanol–water partition coefficient (Wildman–Crippen LogP) is 3.65. The number of ether oxygens (including phenoxy) is 1. The van der Waals surface area contributed by atoms with Crippen molar-refractivity contribution < 1.29 is 4.74 Å². The van der Waals surface area contributed by atoms with E-state index in [1.54, 1.807) is 23.6 Å². The summed E-state index contributed by atoms with van der Waals surface area (Å²) in [5.41, 5.74) is 1.99. The summed E-state index contributed by atoms with van der Waals surface area (Å²) in [5.74, 6) is 2.09. The Morgan fingerprint density at radius 1 is 1.29 bits per heavy atom. The summed E-state index contributed by atoms with van der Waals surface area (Å²) in [5, 5.41) is 14.6. The Morgan fingerprint density at radius 3 is 2.83 bits per heavy atom. The average molecular weight is 364 g/mol. The first-order chi connectivity index (χ1) is 11.6. The van der Waals surface area contributed by atoms with E-state index in [0.717, 1.165) is 39.4 Å². The zero-order chi connectivity index (χ0) is 17.1. The topological polar surface area (TPSA) is 57.8 Å². The molecule has 1 aromatic carbocycles. The molecule has 3 aromatic rings. The lowest BCUT2D eigenvalue weighted by molar-refractivity contribution is 0.393.